The van der Waals surface area contributed by atoms with Crippen LogP contribution in [0.15, 0.2) is 48.9 Å². The van der Waals surface area contributed by atoms with Gasteiger partial charge in [0.2, 0.25) is 0 Å². The normalized spacial score (nSPS) is 12.7. The van der Waals surface area contributed by atoms with Crippen LogP contribution in [0.25, 0.3) is 10.8 Å². The molecule has 0 aliphatic rings. The molecule has 4 heteroatoms. The van der Waals surface area contributed by atoms with E-state index >= 15 is 0 Å². The zero-order chi connectivity index (χ0) is 14.8. The van der Waals surface area contributed by atoms with Crippen molar-refractivity contribution in [2.24, 2.45) is 7.05 Å². The first-order chi connectivity index (χ1) is 10.2. The monoisotopic (exact) mass is 299 g/mol. The van der Waals surface area contributed by atoms with Crippen molar-refractivity contribution < 1.29 is 0 Å². The van der Waals surface area contributed by atoms with E-state index in [1.54, 1.807) is 0 Å². The fraction of sp³-hybridized carbons (Fsp3) is 0.235. The number of imidazole rings is 1. The summed E-state index contributed by atoms with van der Waals surface area (Å²) >= 11 is 6.28. The maximum Gasteiger partial charge on any atom is 0.0945 e. The molecule has 0 saturated heterocycles. The van der Waals surface area contributed by atoms with Gasteiger partial charge >= 0.3 is 0 Å². The molecule has 0 fully saturated rings. The molecule has 0 saturated carbocycles. The summed E-state index contributed by atoms with van der Waals surface area (Å²) in [6.45, 7) is 2.96. The summed E-state index contributed by atoms with van der Waals surface area (Å²) in [6, 6.07) is 12.6. The highest BCUT2D eigenvalue weighted by molar-refractivity contribution is 6.35. The highest BCUT2D eigenvalue weighted by Crippen LogP contribution is 2.29. The maximum atomic E-state index is 6.28. The van der Waals surface area contributed by atoms with E-state index in [1.807, 2.05) is 36.3 Å². The van der Waals surface area contributed by atoms with Crippen LogP contribution in [0.2, 0.25) is 5.02 Å². The third-order valence-corrected chi connectivity index (χ3v) is 4.21. The van der Waals surface area contributed by atoms with Crippen molar-refractivity contribution >= 4 is 22.4 Å². The molecule has 0 aliphatic carbocycles. The van der Waals surface area contributed by atoms with Crippen molar-refractivity contribution in [1.29, 1.82) is 0 Å². The summed E-state index contributed by atoms with van der Waals surface area (Å²) in [5.74, 6) is 0. The van der Waals surface area contributed by atoms with E-state index in [2.05, 4.69) is 41.5 Å². The molecule has 0 bridgehead atoms. The number of rotatable bonds is 4. The third kappa shape index (κ3) is 2.80. The summed E-state index contributed by atoms with van der Waals surface area (Å²) in [7, 11) is 2.01. The van der Waals surface area contributed by atoms with E-state index in [4.69, 9.17) is 11.6 Å². The molecule has 3 nitrogen and oxygen atoms in total. The number of nitrogens with zero attached hydrogens (tertiary/aromatic N) is 2. The fourth-order valence-electron chi connectivity index (χ4n) is 2.59. The van der Waals surface area contributed by atoms with Crippen LogP contribution < -0.4 is 5.32 Å². The average molecular weight is 300 g/mol. The molecule has 3 aromatic rings. The van der Waals surface area contributed by atoms with Crippen LogP contribution in [-0.4, -0.2) is 9.55 Å². The van der Waals surface area contributed by atoms with Crippen LogP contribution in [0.5, 0.6) is 0 Å². The average Bonchev–Trinajstić information content (AvgIpc) is 2.91. The topological polar surface area (TPSA) is 29.9 Å². The van der Waals surface area contributed by atoms with Gasteiger partial charge in [0.1, 0.15) is 0 Å². The van der Waals surface area contributed by atoms with E-state index in [1.165, 1.54) is 16.6 Å². The molecule has 3 rings (SSSR count). The first-order valence-corrected chi connectivity index (χ1v) is 7.40. The van der Waals surface area contributed by atoms with Crippen LogP contribution in [0.1, 0.15) is 24.2 Å². The largest absolute Gasteiger partial charge is 0.337 e. The van der Waals surface area contributed by atoms with Gasteiger partial charge < -0.3 is 9.88 Å². The fourth-order valence-corrected chi connectivity index (χ4v) is 2.81. The van der Waals surface area contributed by atoms with E-state index in [0.29, 0.717) is 0 Å². The van der Waals surface area contributed by atoms with Crippen LogP contribution >= 0.6 is 11.6 Å². The summed E-state index contributed by atoms with van der Waals surface area (Å²) in [5, 5.41) is 6.66. The lowest BCUT2D eigenvalue weighted by Crippen LogP contribution is -2.19. The maximum absolute atomic E-state index is 6.28. The molecule has 0 spiro atoms. The molecule has 21 heavy (non-hydrogen) atoms. The molecule has 1 atom stereocenters. The van der Waals surface area contributed by atoms with Gasteiger partial charge in [0.15, 0.2) is 0 Å². The Morgan fingerprint density at radius 1 is 1.19 bits per heavy atom. The minimum Gasteiger partial charge on any atom is -0.337 e. The lowest BCUT2D eigenvalue weighted by atomic mass is 9.99. The molecular formula is C17H18ClN3. The number of halogens is 1. The number of nitrogens with one attached hydrogen (secondary N) is 1. The van der Waals surface area contributed by atoms with Crippen molar-refractivity contribution in [2.45, 2.75) is 19.5 Å². The summed E-state index contributed by atoms with van der Waals surface area (Å²) in [5.41, 5.74) is 2.43. The highest BCUT2D eigenvalue weighted by atomic mass is 35.5. The number of hydrogen-bond donors (Lipinski definition) is 1. The molecule has 0 amide bonds. The Kier molecular flexibility index (Phi) is 3.95. The Morgan fingerprint density at radius 2 is 1.95 bits per heavy atom. The Balaban J connectivity index is 1.86. The van der Waals surface area contributed by atoms with Gasteiger partial charge in [-0.05, 0) is 23.9 Å². The second kappa shape index (κ2) is 5.88. The molecule has 1 unspecified atom stereocenters. The number of hydrogen-bond acceptors (Lipinski definition) is 2. The predicted octanol–water partition coefficient (Wildman–Crippen LogP) is 4.08. The van der Waals surface area contributed by atoms with Gasteiger partial charge in [0, 0.05) is 36.2 Å². The van der Waals surface area contributed by atoms with E-state index in [0.717, 1.165) is 17.0 Å². The molecule has 0 radical (unpaired) electrons. The summed E-state index contributed by atoms with van der Waals surface area (Å²) < 4.78 is 2.03. The van der Waals surface area contributed by atoms with Gasteiger partial charge in [-0.15, -0.1) is 0 Å². The second-order valence-corrected chi connectivity index (χ2v) is 5.69. The van der Waals surface area contributed by atoms with E-state index in [-0.39, 0.29) is 6.04 Å². The molecular weight excluding hydrogens is 282 g/mol. The quantitative estimate of drug-likeness (QED) is 0.787. The van der Waals surface area contributed by atoms with Crippen LogP contribution in [0, 0.1) is 0 Å². The van der Waals surface area contributed by atoms with E-state index < -0.39 is 0 Å². The minimum atomic E-state index is 0.238. The standard InChI is InChI=1S/C17H18ClN3/c1-12(20-10-13-9-19-11-21(13)2)14-7-8-17(18)16-6-4-3-5-15(14)16/h3-9,11-12,20H,10H2,1-2H3. The SMILES string of the molecule is CC(NCc1cncn1C)c1ccc(Cl)c2ccccc12. The van der Waals surface area contributed by atoms with Gasteiger partial charge in [-0.3, -0.25) is 0 Å². The lowest BCUT2D eigenvalue weighted by Gasteiger charge is -2.17. The lowest BCUT2D eigenvalue weighted by molar-refractivity contribution is 0.561. The van der Waals surface area contributed by atoms with Crippen molar-refractivity contribution in [3.8, 4) is 0 Å². The second-order valence-electron chi connectivity index (χ2n) is 5.28. The Morgan fingerprint density at radius 3 is 2.67 bits per heavy atom. The summed E-state index contributed by atoms with van der Waals surface area (Å²) in [6.07, 6.45) is 3.71. The Hall–Kier alpha value is -1.84. The van der Waals surface area contributed by atoms with Gasteiger partial charge in [-0.1, -0.05) is 41.9 Å². The first-order valence-electron chi connectivity index (χ1n) is 7.02. The number of aryl methyl sites for hydroxylation is 1. The highest BCUT2D eigenvalue weighted by Gasteiger charge is 2.11. The van der Waals surface area contributed by atoms with Crippen molar-refractivity contribution in [1.82, 2.24) is 14.9 Å². The zero-order valence-electron chi connectivity index (χ0n) is 12.2. The first kappa shape index (κ1) is 14.1. The molecule has 1 N–H and O–H groups in total. The van der Waals surface area contributed by atoms with Crippen molar-refractivity contribution in [3.05, 3.63) is 65.2 Å². The van der Waals surface area contributed by atoms with Crippen molar-refractivity contribution in [2.75, 3.05) is 0 Å². The van der Waals surface area contributed by atoms with Gasteiger partial charge in [0.25, 0.3) is 0 Å². The van der Waals surface area contributed by atoms with E-state index in [9.17, 15) is 0 Å². The van der Waals surface area contributed by atoms with Gasteiger partial charge in [-0.25, -0.2) is 4.98 Å². The molecule has 0 aliphatic heterocycles. The number of benzene rings is 2. The smallest absolute Gasteiger partial charge is 0.0945 e. The number of aromatic nitrogens is 2. The predicted molar refractivity (Wildman–Crippen MR) is 87.4 cm³/mol. The van der Waals surface area contributed by atoms with Gasteiger partial charge in [-0.2, -0.15) is 0 Å². The third-order valence-electron chi connectivity index (χ3n) is 3.88. The van der Waals surface area contributed by atoms with Crippen LogP contribution in [0.3, 0.4) is 0 Å². The Bertz CT molecular complexity index is 764. The zero-order valence-corrected chi connectivity index (χ0v) is 12.9. The molecule has 1 heterocycles. The summed E-state index contributed by atoms with van der Waals surface area (Å²) in [4.78, 5) is 4.14. The van der Waals surface area contributed by atoms with Crippen LogP contribution in [0.4, 0.5) is 0 Å². The molecule has 1 aromatic heterocycles. The van der Waals surface area contributed by atoms with Crippen molar-refractivity contribution in [3.63, 3.8) is 0 Å². The minimum absolute atomic E-state index is 0.238. The van der Waals surface area contributed by atoms with Gasteiger partial charge in [0.05, 0.1) is 12.0 Å². The molecule has 2 aromatic carbocycles. The molecule has 108 valence electrons. The Labute approximate surface area is 129 Å². The van der Waals surface area contributed by atoms with Crippen LogP contribution in [-0.2, 0) is 13.6 Å². The number of fused-ring (bicyclic) bond motifs is 1.